The number of ether oxygens (including phenoxy) is 1. The van der Waals surface area contributed by atoms with Gasteiger partial charge >= 0.3 is 6.01 Å². The maximum absolute atomic E-state index is 5.80. The van der Waals surface area contributed by atoms with Crippen LogP contribution in [0.25, 0.3) is 0 Å². The fraction of sp³-hybridized carbons (Fsp3) is 0.700. The van der Waals surface area contributed by atoms with Crippen LogP contribution >= 0.6 is 11.6 Å². The Morgan fingerprint density at radius 1 is 1.25 bits per heavy atom. The summed E-state index contributed by atoms with van der Waals surface area (Å²) in [5, 5.41) is 0.139. The van der Waals surface area contributed by atoms with Crippen LogP contribution in [0.2, 0.25) is 5.28 Å². The topological polar surface area (TPSA) is 51.1 Å². The average molecular weight is 245 g/mol. The van der Waals surface area contributed by atoms with Crippen molar-refractivity contribution < 1.29 is 4.74 Å². The van der Waals surface area contributed by atoms with E-state index < -0.39 is 0 Å². The van der Waals surface area contributed by atoms with Crippen molar-refractivity contribution in [1.82, 2.24) is 15.0 Å². The second-order valence-corrected chi connectivity index (χ2v) is 4.63. The second kappa shape index (κ2) is 4.82. The van der Waals surface area contributed by atoms with E-state index >= 15 is 0 Å². The number of anilines is 1. The molecular weight excluding hydrogens is 228 g/mol. The predicted octanol–water partition coefficient (Wildman–Crippen LogP) is 2.16. The van der Waals surface area contributed by atoms with Gasteiger partial charge in [0.15, 0.2) is 0 Å². The SMILES string of the molecule is CCC(C)(C)Oc1nc(Cl)nc(N(C)C)n1. The van der Waals surface area contributed by atoms with Gasteiger partial charge in [0, 0.05) is 14.1 Å². The average Bonchev–Trinajstić information content (AvgIpc) is 2.16. The lowest BCUT2D eigenvalue weighted by Crippen LogP contribution is -2.28. The molecule has 1 aromatic rings. The molecule has 0 unspecified atom stereocenters. The highest BCUT2D eigenvalue weighted by Gasteiger charge is 2.19. The molecule has 0 aliphatic rings. The molecule has 0 atom stereocenters. The summed E-state index contributed by atoms with van der Waals surface area (Å²) in [5.74, 6) is 0.488. The van der Waals surface area contributed by atoms with Crippen molar-refractivity contribution in [2.45, 2.75) is 32.8 Å². The van der Waals surface area contributed by atoms with Crippen molar-refractivity contribution in [2.75, 3.05) is 19.0 Å². The van der Waals surface area contributed by atoms with Gasteiger partial charge in [-0.2, -0.15) is 15.0 Å². The molecule has 16 heavy (non-hydrogen) atoms. The van der Waals surface area contributed by atoms with Crippen molar-refractivity contribution in [3.63, 3.8) is 0 Å². The third kappa shape index (κ3) is 3.48. The molecule has 0 saturated carbocycles. The van der Waals surface area contributed by atoms with E-state index in [0.717, 1.165) is 6.42 Å². The highest BCUT2D eigenvalue weighted by molar-refractivity contribution is 6.28. The monoisotopic (exact) mass is 244 g/mol. The van der Waals surface area contributed by atoms with Crippen LogP contribution in [0.15, 0.2) is 0 Å². The van der Waals surface area contributed by atoms with Crippen LogP contribution in [0.4, 0.5) is 5.95 Å². The molecule has 0 N–H and O–H groups in total. The molecule has 90 valence electrons. The van der Waals surface area contributed by atoms with Crippen LogP contribution in [0, 0.1) is 0 Å². The fourth-order valence-electron chi connectivity index (χ4n) is 0.887. The van der Waals surface area contributed by atoms with E-state index in [1.54, 1.807) is 4.90 Å². The minimum Gasteiger partial charge on any atom is -0.457 e. The van der Waals surface area contributed by atoms with Crippen LogP contribution in [0.5, 0.6) is 6.01 Å². The lowest BCUT2D eigenvalue weighted by molar-refractivity contribution is 0.0923. The molecular formula is C10H17ClN4O. The Balaban J connectivity index is 2.97. The quantitative estimate of drug-likeness (QED) is 0.813. The molecule has 5 nitrogen and oxygen atoms in total. The predicted molar refractivity (Wildman–Crippen MR) is 64.2 cm³/mol. The first kappa shape index (κ1) is 13.0. The number of aromatic nitrogens is 3. The first-order chi connectivity index (χ1) is 7.34. The summed E-state index contributed by atoms with van der Waals surface area (Å²) in [4.78, 5) is 13.8. The Bertz CT molecular complexity index is 368. The standard InChI is InChI=1S/C10H17ClN4O/c1-6-10(2,3)16-9-13-7(11)12-8(14-9)15(4)5/h6H2,1-5H3. The molecule has 0 fully saturated rings. The second-order valence-electron chi connectivity index (χ2n) is 4.30. The molecule has 1 aromatic heterocycles. The van der Waals surface area contributed by atoms with Crippen molar-refractivity contribution in [3.05, 3.63) is 5.28 Å². The molecule has 0 bridgehead atoms. The Kier molecular flexibility index (Phi) is 3.91. The van der Waals surface area contributed by atoms with E-state index in [9.17, 15) is 0 Å². The normalized spacial score (nSPS) is 11.4. The smallest absolute Gasteiger partial charge is 0.323 e. The summed E-state index contributed by atoms with van der Waals surface area (Å²) in [6.07, 6.45) is 0.855. The van der Waals surface area contributed by atoms with Crippen LogP contribution in [0.3, 0.4) is 0 Å². The third-order valence-electron chi connectivity index (χ3n) is 2.19. The lowest BCUT2D eigenvalue weighted by atomic mass is 10.1. The van der Waals surface area contributed by atoms with E-state index in [1.807, 2.05) is 34.9 Å². The molecule has 1 rings (SSSR count). The summed E-state index contributed by atoms with van der Waals surface area (Å²) >= 11 is 5.80. The van der Waals surface area contributed by atoms with Gasteiger partial charge in [-0.05, 0) is 31.9 Å². The van der Waals surface area contributed by atoms with Gasteiger partial charge in [0.25, 0.3) is 0 Å². The molecule has 0 aromatic carbocycles. The Morgan fingerprint density at radius 3 is 2.38 bits per heavy atom. The van der Waals surface area contributed by atoms with Gasteiger partial charge in [-0.15, -0.1) is 0 Å². The molecule has 0 aliphatic heterocycles. The number of rotatable bonds is 4. The zero-order valence-corrected chi connectivity index (χ0v) is 11.0. The van der Waals surface area contributed by atoms with Crippen molar-refractivity contribution in [1.29, 1.82) is 0 Å². The summed E-state index contributed by atoms with van der Waals surface area (Å²) in [6.45, 7) is 5.98. The zero-order valence-electron chi connectivity index (χ0n) is 10.3. The fourth-order valence-corrected chi connectivity index (χ4v) is 1.03. The Morgan fingerprint density at radius 2 is 1.88 bits per heavy atom. The molecule has 0 radical (unpaired) electrons. The number of hydrogen-bond acceptors (Lipinski definition) is 5. The minimum atomic E-state index is -0.311. The molecule has 1 heterocycles. The van der Waals surface area contributed by atoms with E-state index in [2.05, 4.69) is 15.0 Å². The lowest BCUT2D eigenvalue weighted by Gasteiger charge is -2.23. The molecule has 0 aliphatic carbocycles. The van der Waals surface area contributed by atoms with Gasteiger partial charge in [0.2, 0.25) is 11.2 Å². The van der Waals surface area contributed by atoms with E-state index in [-0.39, 0.29) is 16.9 Å². The van der Waals surface area contributed by atoms with Crippen molar-refractivity contribution >= 4 is 17.5 Å². The van der Waals surface area contributed by atoms with Crippen LogP contribution < -0.4 is 9.64 Å². The van der Waals surface area contributed by atoms with Gasteiger partial charge < -0.3 is 9.64 Å². The van der Waals surface area contributed by atoms with Gasteiger partial charge in [-0.1, -0.05) is 6.92 Å². The van der Waals surface area contributed by atoms with Gasteiger partial charge in [-0.3, -0.25) is 0 Å². The Hall–Kier alpha value is -1.10. The number of nitrogens with zero attached hydrogens (tertiary/aromatic N) is 4. The van der Waals surface area contributed by atoms with Crippen LogP contribution in [-0.2, 0) is 0 Å². The number of hydrogen-bond donors (Lipinski definition) is 0. The van der Waals surface area contributed by atoms with E-state index in [1.165, 1.54) is 0 Å². The van der Waals surface area contributed by atoms with E-state index in [0.29, 0.717) is 5.95 Å². The summed E-state index contributed by atoms with van der Waals surface area (Å²) < 4.78 is 5.65. The van der Waals surface area contributed by atoms with Crippen LogP contribution in [-0.4, -0.2) is 34.6 Å². The zero-order chi connectivity index (χ0) is 12.3. The Labute approximate surface area is 101 Å². The highest BCUT2D eigenvalue weighted by atomic mass is 35.5. The molecule has 0 saturated heterocycles. The minimum absolute atomic E-state index is 0.139. The van der Waals surface area contributed by atoms with Gasteiger partial charge in [0.1, 0.15) is 5.60 Å². The summed E-state index contributed by atoms with van der Waals surface area (Å²) in [7, 11) is 3.67. The third-order valence-corrected chi connectivity index (χ3v) is 2.36. The summed E-state index contributed by atoms with van der Waals surface area (Å²) in [5.41, 5.74) is -0.311. The highest BCUT2D eigenvalue weighted by Crippen LogP contribution is 2.19. The molecule has 0 amide bonds. The summed E-state index contributed by atoms with van der Waals surface area (Å²) in [6, 6.07) is 0.260. The molecule has 0 spiro atoms. The van der Waals surface area contributed by atoms with Gasteiger partial charge in [0.05, 0.1) is 0 Å². The van der Waals surface area contributed by atoms with E-state index in [4.69, 9.17) is 16.3 Å². The largest absolute Gasteiger partial charge is 0.457 e. The van der Waals surface area contributed by atoms with Crippen molar-refractivity contribution in [3.8, 4) is 6.01 Å². The first-order valence-corrected chi connectivity index (χ1v) is 5.50. The maximum Gasteiger partial charge on any atom is 0.323 e. The van der Waals surface area contributed by atoms with Crippen LogP contribution in [0.1, 0.15) is 27.2 Å². The first-order valence-electron chi connectivity index (χ1n) is 5.12. The van der Waals surface area contributed by atoms with Gasteiger partial charge in [-0.25, -0.2) is 0 Å². The molecule has 6 heteroatoms. The maximum atomic E-state index is 5.80. The number of halogens is 1. The van der Waals surface area contributed by atoms with Crippen molar-refractivity contribution in [2.24, 2.45) is 0 Å².